The smallest absolute Gasteiger partial charge is 0.253 e. The molecule has 1 N–H and O–H groups in total. The van der Waals surface area contributed by atoms with Gasteiger partial charge < -0.3 is 9.88 Å². The number of aromatic nitrogens is 1. The maximum atomic E-state index is 12.3. The Balaban J connectivity index is 2.23. The lowest BCUT2D eigenvalue weighted by Crippen LogP contribution is -2.28. The minimum Gasteiger partial charge on any atom is -0.324 e. The zero-order valence-electron chi connectivity index (χ0n) is 13.5. The summed E-state index contributed by atoms with van der Waals surface area (Å²) in [4.78, 5) is 24.3. The molecule has 0 spiro atoms. The average Bonchev–Trinajstić information content (AvgIpc) is 2.46. The molecule has 2 aromatic rings. The second-order valence-electron chi connectivity index (χ2n) is 5.87. The van der Waals surface area contributed by atoms with Gasteiger partial charge in [-0.15, -0.1) is 0 Å². The number of benzene rings is 1. The summed E-state index contributed by atoms with van der Waals surface area (Å²) in [7, 11) is 0. The Bertz CT molecular complexity index is 745. The summed E-state index contributed by atoms with van der Waals surface area (Å²) in [6.07, 6.45) is 1.64. The van der Waals surface area contributed by atoms with Gasteiger partial charge in [0.2, 0.25) is 5.91 Å². The van der Waals surface area contributed by atoms with E-state index in [0.29, 0.717) is 11.5 Å². The standard InChI is InChI=1S/C18H22N2O2/c1-12(2)15-9-5-7-13(3)17(15)19-16(21)11-20-10-6-8-14(4)18(20)22/h5-10,12H,11H2,1-4H3,(H,19,21). The fourth-order valence-electron chi connectivity index (χ4n) is 2.46. The maximum absolute atomic E-state index is 12.3. The fourth-order valence-corrected chi connectivity index (χ4v) is 2.46. The molecule has 0 aliphatic rings. The van der Waals surface area contributed by atoms with Gasteiger partial charge in [0.25, 0.3) is 5.56 Å². The van der Waals surface area contributed by atoms with Crippen molar-refractivity contribution < 1.29 is 4.79 Å². The van der Waals surface area contributed by atoms with Crippen molar-refractivity contribution >= 4 is 11.6 Å². The van der Waals surface area contributed by atoms with Crippen molar-refractivity contribution in [1.82, 2.24) is 4.57 Å². The first kappa shape index (κ1) is 16.0. The monoisotopic (exact) mass is 298 g/mol. The third-order valence-electron chi connectivity index (χ3n) is 3.72. The normalized spacial score (nSPS) is 10.8. The fraction of sp³-hybridized carbons (Fsp3) is 0.333. The highest BCUT2D eigenvalue weighted by molar-refractivity contribution is 5.92. The van der Waals surface area contributed by atoms with Gasteiger partial charge in [0, 0.05) is 17.4 Å². The van der Waals surface area contributed by atoms with Gasteiger partial charge in [0.15, 0.2) is 0 Å². The van der Waals surface area contributed by atoms with E-state index in [4.69, 9.17) is 0 Å². The second-order valence-corrected chi connectivity index (χ2v) is 5.87. The number of nitrogens with zero attached hydrogens (tertiary/aromatic N) is 1. The van der Waals surface area contributed by atoms with Gasteiger partial charge in [-0.2, -0.15) is 0 Å². The van der Waals surface area contributed by atoms with E-state index < -0.39 is 0 Å². The molecule has 0 fully saturated rings. The summed E-state index contributed by atoms with van der Waals surface area (Å²) < 4.78 is 1.43. The molecule has 0 bridgehead atoms. The number of carbonyl (C=O) groups excluding carboxylic acids is 1. The third kappa shape index (κ3) is 3.45. The molecule has 22 heavy (non-hydrogen) atoms. The number of aryl methyl sites for hydroxylation is 2. The summed E-state index contributed by atoms with van der Waals surface area (Å²) in [5.74, 6) is 0.126. The van der Waals surface area contributed by atoms with Crippen LogP contribution in [0.1, 0.15) is 36.5 Å². The summed E-state index contributed by atoms with van der Waals surface area (Å²) in [5.41, 5.74) is 3.48. The second kappa shape index (κ2) is 6.60. The van der Waals surface area contributed by atoms with Gasteiger partial charge in [-0.25, -0.2) is 0 Å². The van der Waals surface area contributed by atoms with Crippen LogP contribution in [-0.4, -0.2) is 10.5 Å². The van der Waals surface area contributed by atoms with E-state index in [1.54, 1.807) is 25.3 Å². The molecule has 0 atom stereocenters. The molecular weight excluding hydrogens is 276 g/mol. The number of hydrogen-bond donors (Lipinski definition) is 1. The van der Waals surface area contributed by atoms with Gasteiger partial charge in [-0.1, -0.05) is 38.1 Å². The lowest BCUT2D eigenvalue weighted by atomic mass is 9.98. The number of pyridine rings is 1. The van der Waals surface area contributed by atoms with Gasteiger partial charge in [-0.05, 0) is 37.0 Å². The number of hydrogen-bond acceptors (Lipinski definition) is 2. The third-order valence-corrected chi connectivity index (χ3v) is 3.72. The van der Waals surface area contributed by atoms with Crippen LogP contribution in [0.15, 0.2) is 41.3 Å². The summed E-state index contributed by atoms with van der Waals surface area (Å²) in [5, 5.41) is 2.96. The van der Waals surface area contributed by atoms with Crippen molar-refractivity contribution in [1.29, 1.82) is 0 Å². The van der Waals surface area contributed by atoms with Crippen LogP contribution in [0.25, 0.3) is 0 Å². The van der Waals surface area contributed by atoms with Gasteiger partial charge in [0.1, 0.15) is 6.54 Å². The quantitative estimate of drug-likeness (QED) is 0.942. The Hall–Kier alpha value is -2.36. The molecule has 0 saturated carbocycles. The minimum absolute atomic E-state index is 0.0202. The van der Waals surface area contributed by atoms with Crippen molar-refractivity contribution in [2.75, 3.05) is 5.32 Å². The predicted octanol–water partition coefficient (Wildman–Crippen LogP) is 3.23. The van der Waals surface area contributed by atoms with E-state index in [1.807, 2.05) is 25.1 Å². The van der Waals surface area contributed by atoms with E-state index in [2.05, 4.69) is 19.2 Å². The minimum atomic E-state index is -0.191. The number of rotatable bonds is 4. The molecule has 0 aliphatic heterocycles. The van der Waals surface area contributed by atoms with E-state index in [1.165, 1.54) is 4.57 Å². The van der Waals surface area contributed by atoms with Crippen LogP contribution >= 0.6 is 0 Å². The molecular formula is C18H22N2O2. The molecule has 1 heterocycles. The predicted molar refractivity (Wildman–Crippen MR) is 89.3 cm³/mol. The first-order valence-corrected chi connectivity index (χ1v) is 7.45. The number of para-hydroxylation sites is 1. The Morgan fingerprint density at radius 2 is 1.82 bits per heavy atom. The topological polar surface area (TPSA) is 51.1 Å². The molecule has 0 saturated heterocycles. The molecule has 1 amide bonds. The molecule has 0 aliphatic carbocycles. The SMILES string of the molecule is Cc1cccc(C(C)C)c1NC(=O)Cn1cccc(C)c1=O. The summed E-state index contributed by atoms with van der Waals surface area (Å²) in [6.45, 7) is 7.92. The van der Waals surface area contributed by atoms with E-state index in [9.17, 15) is 9.59 Å². The Morgan fingerprint density at radius 1 is 1.14 bits per heavy atom. The molecule has 4 nitrogen and oxygen atoms in total. The van der Waals surface area contributed by atoms with Crippen LogP contribution < -0.4 is 10.9 Å². The highest BCUT2D eigenvalue weighted by Gasteiger charge is 2.12. The van der Waals surface area contributed by atoms with Crippen LogP contribution in [0.3, 0.4) is 0 Å². The van der Waals surface area contributed by atoms with Gasteiger partial charge in [-0.3, -0.25) is 9.59 Å². The van der Waals surface area contributed by atoms with Crippen LogP contribution in [-0.2, 0) is 11.3 Å². The van der Waals surface area contributed by atoms with Crippen LogP contribution in [0.5, 0.6) is 0 Å². The Morgan fingerprint density at radius 3 is 2.50 bits per heavy atom. The number of nitrogens with one attached hydrogen (secondary N) is 1. The van der Waals surface area contributed by atoms with Crippen molar-refractivity contribution in [3.8, 4) is 0 Å². The van der Waals surface area contributed by atoms with Gasteiger partial charge >= 0.3 is 0 Å². The molecule has 116 valence electrons. The van der Waals surface area contributed by atoms with Crippen molar-refractivity contribution in [3.05, 3.63) is 63.6 Å². The molecule has 4 heteroatoms. The Labute approximate surface area is 130 Å². The van der Waals surface area contributed by atoms with Crippen molar-refractivity contribution in [2.45, 2.75) is 40.2 Å². The number of anilines is 1. The highest BCUT2D eigenvalue weighted by atomic mass is 16.2. The van der Waals surface area contributed by atoms with Crippen LogP contribution in [0.2, 0.25) is 0 Å². The lowest BCUT2D eigenvalue weighted by Gasteiger charge is -2.16. The first-order valence-electron chi connectivity index (χ1n) is 7.45. The van der Waals surface area contributed by atoms with E-state index >= 15 is 0 Å². The lowest BCUT2D eigenvalue weighted by molar-refractivity contribution is -0.116. The van der Waals surface area contributed by atoms with Crippen LogP contribution in [0, 0.1) is 13.8 Å². The van der Waals surface area contributed by atoms with Crippen molar-refractivity contribution in [2.24, 2.45) is 0 Å². The zero-order valence-corrected chi connectivity index (χ0v) is 13.5. The largest absolute Gasteiger partial charge is 0.324 e. The van der Waals surface area contributed by atoms with Gasteiger partial charge in [0.05, 0.1) is 0 Å². The molecule has 0 radical (unpaired) electrons. The summed E-state index contributed by atoms with van der Waals surface area (Å²) >= 11 is 0. The van der Waals surface area contributed by atoms with Crippen molar-refractivity contribution in [3.63, 3.8) is 0 Å². The highest BCUT2D eigenvalue weighted by Crippen LogP contribution is 2.27. The molecule has 1 aromatic carbocycles. The van der Waals surface area contributed by atoms with E-state index in [0.717, 1.165) is 16.8 Å². The molecule has 0 unspecified atom stereocenters. The average molecular weight is 298 g/mol. The summed E-state index contributed by atoms with van der Waals surface area (Å²) in [6, 6.07) is 9.50. The zero-order chi connectivity index (χ0) is 16.3. The number of amides is 1. The molecule has 1 aromatic heterocycles. The van der Waals surface area contributed by atoms with E-state index in [-0.39, 0.29) is 18.0 Å². The molecule has 2 rings (SSSR count). The maximum Gasteiger partial charge on any atom is 0.253 e. The van der Waals surface area contributed by atoms with Crippen LogP contribution in [0.4, 0.5) is 5.69 Å². The number of carbonyl (C=O) groups is 1. The first-order chi connectivity index (χ1) is 10.4. The Kier molecular flexibility index (Phi) is 4.81.